The molecule has 0 aromatic heterocycles. The second-order valence-corrected chi connectivity index (χ2v) is 8.46. The van der Waals surface area contributed by atoms with Gasteiger partial charge < -0.3 is 4.48 Å². The van der Waals surface area contributed by atoms with Crippen LogP contribution in [-0.4, -0.2) is 30.7 Å². The molecule has 0 N–H and O–H groups in total. The van der Waals surface area contributed by atoms with Crippen LogP contribution in [0.1, 0.15) is 109 Å². The Labute approximate surface area is 140 Å². The quantitative estimate of drug-likeness (QED) is 0.450. The van der Waals surface area contributed by atoms with Gasteiger partial charge in [-0.3, -0.25) is 0 Å². The van der Waals surface area contributed by atoms with Crippen molar-refractivity contribution in [2.75, 3.05) is 20.1 Å². The normalized spacial score (nSPS) is 34.5. The summed E-state index contributed by atoms with van der Waals surface area (Å²) in [7, 11) is 2.57. The molecule has 0 aliphatic carbocycles. The fourth-order valence-corrected chi connectivity index (χ4v) is 4.91. The van der Waals surface area contributed by atoms with Crippen LogP contribution < -0.4 is 0 Å². The van der Waals surface area contributed by atoms with E-state index in [4.69, 9.17) is 0 Å². The molecule has 2 saturated heterocycles. The summed E-state index contributed by atoms with van der Waals surface area (Å²) < 4.78 is 1.42. The van der Waals surface area contributed by atoms with Crippen molar-refractivity contribution < 1.29 is 4.48 Å². The third kappa shape index (κ3) is 6.60. The van der Waals surface area contributed by atoms with Crippen molar-refractivity contribution in [2.24, 2.45) is 0 Å². The average molecular weight is 309 g/mol. The molecule has 0 radical (unpaired) electrons. The molecule has 2 aliphatic heterocycles. The van der Waals surface area contributed by atoms with E-state index in [1.807, 2.05) is 0 Å². The summed E-state index contributed by atoms with van der Waals surface area (Å²) in [6, 6.07) is 0.999. The zero-order valence-electron chi connectivity index (χ0n) is 15.5. The Morgan fingerprint density at radius 3 is 1.36 bits per heavy atom. The molecule has 2 rings (SSSR count). The van der Waals surface area contributed by atoms with E-state index >= 15 is 0 Å². The molecule has 0 aromatic carbocycles. The summed E-state index contributed by atoms with van der Waals surface area (Å²) >= 11 is 0. The van der Waals surface area contributed by atoms with Gasteiger partial charge in [-0.25, -0.2) is 0 Å². The lowest BCUT2D eigenvalue weighted by Crippen LogP contribution is -2.48. The Balaban J connectivity index is 1.73. The predicted molar refractivity (Wildman–Crippen MR) is 98.2 cm³/mol. The molecule has 130 valence electrons. The van der Waals surface area contributed by atoms with Crippen LogP contribution in [0.4, 0.5) is 0 Å². The zero-order chi connectivity index (χ0) is 15.5. The Morgan fingerprint density at radius 1 is 0.455 bits per heavy atom. The highest BCUT2D eigenvalue weighted by atomic mass is 15.4. The first kappa shape index (κ1) is 18.3. The van der Waals surface area contributed by atoms with Crippen molar-refractivity contribution in [2.45, 2.75) is 115 Å². The first-order valence-corrected chi connectivity index (χ1v) is 10.7. The molecular formula is C21H42N+. The Kier molecular flexibility index (Phi) is 8.89. The fraction of sp³-hybridized carbons (Fsp3) is 1.00. The van der Waals surface area contributed by atoms with E-state index in [1.165, 1.54) is 127 Å². The largest absolute Gasteiger partial charge is 0.324 e. The van der Waals surface area contributed by atoms with Crippen molar-refractivity contribution in [3.63, 3.8) is 0 Å². The predicted octanol–water partition coefficient (Wildman–Crippen LogP) is 6.46. The summed E-state index contributed by atoms with van der Waals surface area (Å²) in [5, 5.41) is 0. The number of quaternary nitrogens is 1. The number of hydrogen-bond acceptors (Lipinski definition) is 0. The summed E-state index contributed by atoms with van der Waals surface area (Å²) in [5.41, 5.74) is 0. The summed E-state index contributed by atoms with van der Waals surface area (Å²) in [6.45, 7) is 2.93. The van der Waals surface area contributed by atoms with Crippen molar-refractivity contribution in [3.8, 4) is 0 Å². The van der Waals surface area contributed by atoms with Gasteiger partial charge in [-0.2, -0.15) is 0 Å². The van der Waals surface area contributed by atoms with E-state index in [9.17, 15) is 0 Å². The Hall–Kier alpha value is -0.0400. The van der Waals surface area contributed by atoms with Crippen LogP contribution in [-0.2, 0) is 0 Å². The second-order valence-electron chi connectivity index (χ2n) is 8.46. The van der Waals surface area contributed by atoms with E-state index in [0.717, 1.165) is 6.04 Å². The minimum atomic E-state index is 0.999. The van der Waals surface area contributed by atoms with Gasteiger partial charge in [0.15, 0.2) is 0 Å². The molecule has 22 heavy (non-hydrogen) atoms. The van der Waals surface area contributed by atoms with Crippen LogP contribution in [0.2, 0.25) is 0 Å². The SMILES string of the molecule is C[N+]12CCCCCCCCCCCCCCCCC1CCC2. The average Bonchev–Trinajstić information content (AvgIpc) is 2.87. The molecule has 0 aromatic rings. The van der Waals surface area contributed by atoms with Gasteiger partial charge in [0.1, 0.15) is 0 Å². The number of hydrogen-bond donors (Lipinski definition) is 0. The van der Waals surface area contributed by atoms with Gasteiger partial charge in [0.25, 0.3) is 0 Å². The molecule has 1 nitrogen and oxygen atoms in total. The molecule has 0 saturated carbocycles. The lowest BCUT2D eigenvalue weighted by atomic mass is 10.0. The van der Waals surface area contributed by atoms with Crippen molar-refractivity contribution in [1.82, 2.24) is 0 Å². The van der Waals surface area contributed by atoms with E-state index in [2.05, 4.69) is 7.05 Å². The van der Waals surface area contributed by atoms with Crippen LogP contribution in [0.15, 0.2) is 0 Å². The van der Waals surface area contributed by atoms with Crippen molar-refractivity contribution in [1.29, 1.82) is 0 Å². The first-order valence-electron chi connectivity index (χ1n) is 10.7. The molecule has 0 spiro atoms. The van der Waals surface area contributed by atoms with Crippen LogP contribution >= 0.6 is 0 Å². The molecule has 2 unspecified atom stereocenters. The second kappa shape index (κ2) is 10.7. The van der Waals surface area contributed by atoms with Crippen LogP contribution in [0, 0.1) is 0 Å². The van der Waals surface area contributed by atoms with E-state index < -0.39 is 0 Å². The lowest BCUT2D eigenvalue weighted by Gasteiger charge is -2.36. The summed E-state index contributed by atoms with van der Waals surface area (Å²) in [6.07, 6.45) is 25.4. The van der Waals surface area contributed by atoms with E-state index in [1.54, 1.807) is 0 Å². The molecule has 0 bridgehead atoms. The number of nitrogens with zero attached hydrogens (tertiary/aromatic N) is 1. The molecule has 2 atom stereocenters. The highest BCUT2D eigenvalue weighted by Gasteiger charge is 2.36. The van der Waals surface area contributed by atoms with E-state index in [-0.39, 0.29) is 0 Å². The van der Waals surface area contributed by atoms with Gasteiger partial charge in [-0.1, -0.05) is 70.6 Å². The summed E-state index contributed by atoms with van der Waals surface area (Å²) in [5.74, 6) is 0. The highest BCUT2D eigenvalue weighted by molar-refractivity contribution is 4.68. The molecule has 0 amide bonds. The third-order valence-electron chi connectivity index (χ3n) is 6.54. The maximum Gasteiger partial charge on any atom is 0.0890 e. The Morgan fingerprint density at radius 2 is 0.818 bits per heavy atom. The number of rotatable bonds is 0. The highest BCUT2D eigenvalue weighted by Crippen LogP contribution is 2.30. The molecule has 2 fully saturated rings. The van der Waals surface area contributed by atoms with Gasteiger partial charge in [-0.15, -0.1) is 0 Å². The van der Waals surface area contributed by atoms with Gasteiger partial charge in [0.05, 0.1) is 26.2 Å². The minimum Gasteiger partial charge on any atom is -0.324 e. The van der Waals surface area contributed by atoms with Crippen LogP contribution in [0.5, 0.6) is 0 Å². The van der Waals surface area contributed by atoms with Crippen molar-refractivity contribution >= 4 is 0 Å². The maximum atomic E-state index is 2.57. The fourth-order valence-electron chi connectivity index (χ4n) is 4.91. The first-order chi connectivity index (χ1) is 10.8. The van der Waals surface area contributed by atoms with Gasteiger partial charge in [0.2, 0.25) is 0 Å². The summed E-state index contributed by atoms with van der Waals surface area (Å²) in [4.78, 5) is 0. The molecule has 1 heteroatoms. The minimum absolute atomic E-state index is 0.999. The van der Waals surface area contributed by atoms with E-state index in [0.29, 0.717) is 0 Å². The number of fused-ring (bicyclic) bond motifs is 1. The zero-order valence-corrected chi connectivity index (χ0v) is 15.5. The molecule has 2 heterocycles. The molecule has 2 aliphatic rings. The topological polar surface area (TPSA) is 0 Å². The lowest BCUT2D eigenvalue weighted by molar-refractivity contribution is -0.921. The molecular weight excluding hydrogens is 266 g/mol. The maximum absolute atomic E-state index is 2.57. The third-order valence-corrected chi connectivity index (χ3v) is 6.54. The standard InChI is InChI=1S/C21H42N/c1-22-19-15-13-11-9-7-5-3-2-4-6-8-10-12-14-17-21(22)18-16-20-22/h21H,2-20H2,1H3/q+1. The monoisotopic (exact) mass is 308 g/mol. The Bertz CT molecular complexity index is 275. The van der Waals surface area contributed by atoms with Crippen LogP contribution in [0.25, 0.3) is 0 Å². The van der Waals surface area contributed by atoms with Gasteiger partial charge >= 0.3 is 0 Å². The van der Waals surface area contributed by atoms with Crippen LogP contribution in [0.3, 0.4) is 0 Å². The van der Waals surface area contributed by atoms with Crippen molar-refractivity contribution in [3.05, 3.63) is 0 Å². The smallest absolute Gasteiger partial charge is 0.0890 e. The van der Waals surface area contributed by atoms with Gasteiger partial charge in [-0.05, 0) is 25.7 Å². The van der Waals surface area contributed by atoms with Gasteiger partial charge in [0, 0.05) is 12.8 Å².